The van der Waals surface area contributed by atoms with E-state index in [0.29, 0.717) is 44.5 Å². The molecule has 0 radical (unpaired) electrons. The fourth-order valence-corrected chi connectivity index (χ4v) is 4.64. The van der Waals surface area contributed by atoms with Crippen LogP contribution < -0.4 is 10.6 Å². The van der Waals surface area contributed by atoms with Crippen LogP contribution in [-0.4, -0.2) is 89.5 Å². The largest absolute Gasteiger partial charge is 0.338 e. The van der Waals surface area contributed by atoms with Crippen molar-refractivity contribution < 1.29 is 14.0 Å². The third-order valence-corrected chi connectivity index (χ3v) is 6.38. The van der Waals surface area contributed by atoms with E-state index in [9.17, 15) is 14.0 Å². The van der Waals surface area contributed by atoms with Crippen LogP contribution in [0, 0.1) is 5.13 Å². The van der Waals surface area contributed by atoms with E-state index < -0.39 is 5.41 Å². The average Bonchev–Trinajstić information content (AvgIpc) is 3.08. The first-order valence-electron chi connectivity index (χ1n) is 10.5. The number of halogens is 1. The molecular formula is C20H33FN6O2S. The number of hydrogen-bond donors (Lipinski definition) is 2. The predicted molar refractivity (Wildman–Crippen MR) is 116 cm³/mol. The van der Waals surface area contributed by atoms with Crippen molar-refractivity contribution in [2.45, 2.75) is 52.1 Å². The number of thiazole rings is 1. The molecule has 0 saturated carbocycles. The lowest BCUT2D eigenvalue weighted by molar-refractivity contribution is -0.136. The second-order valence-corrected chi connectivity index (χ2v) is 10.2. The molecule has 1 aromatic rings. The van der Waals surface area contributed by atoms with Crippen molar-refractivity contribution in [2.75, 3.05) is 51.1 Å². The molecule has 1 atom stereocenters. The number of anilines is 1. The van der Waals surface area contributed by atoms with Crippen molar-refractivity contribution in [1.82, 2.24) is 25.0 Å². The molecule has 0 aromatic carbocycles. The topological polar surface area (TPSA) is 80.8 Å². The van der Waals surface area contributed by atoms with Gasteiger partial charge in [0.05, 0.1) is 11.7 Å². The first-order valence-corrected chi connectivity index (χ1v) is 11.4. The second-order valence-electron chi connectivity index (χ2n) is 9.23. The molecule has 2 aliphatic rings. The van der Waals surface area contributed by atoms with Gasteiger partial charge in [-0.3, -0.25) is 15.0 Å². The molecule has 0 bridgehead atoms. The number of nitrogens with one attached hydrogen (secondary N) is 2. The van der Waals surface area contributed by atoms with Gasteiger partial charge in [0.15, 0.2) is 5.13 Å². The van der Waals surface area contributed by atoms with Crippen LogP contribution >= 0.6 is 11.3 Å². The molecule has 8 nitrogen and oxygen atoms in total. The van der Waals surface area contributed by atoms with Crippen LogP contribution in [0.25, 0.3) is 0 Å². The molecule has 0 unspecified atom stereocenters. The van der Waals surface area contributed by atoms with Crippen LogP contribution in [-0.2, 0) is 10.2 Å². The molecule has 10 heteroatoms. The van der Waals surface area contributed by atoms with Gasteiger partial charge in [-0.2, -0.15) is 4.39 Å². The van der Waals surface area contributed by atoms with E-state index in [0.717, 1.165) is 24.4 Å². The number of carbonyl (C=O) groups is 2. The fraction of sp³-hybridized carbons (Fsp3) is 0.750. The number of nitrogens with zero attached hydrogens (tertiary/aromatic N) is 4. The van der Waals surface area contributed by atoms with E-state index in [-0.39, 0.29) is 28.2 Å². The molecule has 1 aromatic heterocycles. The minimum absolute atomic E-state index is 0.0946. The molecule has 3 rings (SSSR count). The maximum atomic E-state index is 14.1. The van der Waals surface area contributed by atoms with E-state index in [4.69, 9.17) is 0 Å². The minimum Gasteiger partial charge on any atom is -0.338 e. The van der Waals surface area contributed by atoms with E-state index >= 15 is 0 Å². The van der Waals surface area contributed by atoms with Crippen molar-refractivity contribution in [2.24, 2.45) is 0 Å². The third kappa shape index (κ3) is 5.28. The van der Waals surface area contributed by atoms with Gasteiger partial charge >= 0.3 is 6.03 Å². The summed E-state index contributed by atoms with van der Waals surface area (Å²) in [5.41, 5.74) is -0.0675. The van der Waals surface area contributed by atoms with Gasteiger partial charge in [-0.25, -0.2) is 9.78 Å². The van der Waals surface area contributed by atoms with Crippen molar-refractivity contribution in [3.63, 3.8) is 0 Å². The Bertz CT molecular complexity index is 770. The summed E-state index contributed by atoms with van der Waals surface area (Å²) in [5, 5.41) is 5.92. The highest BCUT2D eigenvalue weighted by atomic mass is 32.1. The van der Waals surface area contributed by atoms with Crippen LogP contribution in [0.4, 0.5) is 14.3 Å². The molecule has 3 amide bonds. The molecule has 3 heterocycles. The standard InChI is InChI=1S/C20H33FN6O2S/c1-13(2)27-7-6-22-14(12-27)17(28)25-8-10-26(11-9-25)19(29)24-18-23-15(16(21)30-18)20(3,4)5/h13-14,22H,6-12H2,1-5H3,(H,23,24,29)/t14-/m1/s1. The van der Waals surface area contributed by atoms with Crippen LogP contribution in [0.2, 0.25) is 0 Å². The van der Waals surface area contributed by atoms with E-state index in [1.54, 1.807) is 4.90 Å². The Morgan fingerprint density at radius 2 is 1.80 bits per heavy atom. The Labute approximate surface area is 181 Å². The molecule has 168 valence electrons. The van der Waals surface area contributed by atoms with Crippen molar-refractivity contribution in [3.8, 4) is 0 Å². The van der Waals surface area contributed by atoms with Gasteiger partial charge in [-0.05, 0) is 13.8 Å². The average molecular weight is 441 g/mol. The smallest absolute Gasteiger partial charge is 0.323 e. The Morgan fingerprint density at radius 3 is 2.37 bits per heavy atom. The van der Waals surface area contributed by atoms with Gasteiger partial charge in [0.25, 0.3) is 0 Å². The molecule has 2 aliphatic heterocycles. The summed E-state index contributed by atoms with van der Waals surface area (Å²) < 4.78 is 14.1. The predicted octanol–water partition coefficient (Wildman–Crippen LogP) is 1.94. The zero-order valence-corrected chi connectivity index (χ0v) is 19.3. The van der Waals surface area contributed by atoms with Gasteiger partial charge in [-0.15, -0.1) is 0 Å². The zero-order valence-electron chi connectivity index (χ0n) is 18.5. The maximum absolute atomic E-state index is 14.1. The van der Waals surface area contributed by atoms with Crippen LogP contribution in [0.3, 0.4) is 0 Å². The highest BCUT2D eigenvalue weighted by Crippen LogP contribution is 2.30. The number of hydrogen-bond acceptors (Lipinski definition) is 6. The fourth-order valence-electron chi connectivity index (χ4n) is 3.75. The minimum atomic E-state index is -0.423. The van der Waals surface area contributed by atoms with Crippen molar-refractivity contribution in [1.29, 1.82) is 0 Å². The zero-order chi connectivity index (χ0) is 22.1. The lowest BCUT2D eigenvalue weighted by atomic mass is 9.93. The van der Waals surface area contributed by atoms with E-state index in [2.05, 4.69) is 34.4 Å². The summed E-state index contributed by atoms with van der Waals surface area (Å²) in [6.45, 7) is 14.3. The molecule has 2 N–H and O–H groups in total. The number of urea groups is 1. The summed E-state index contributed by atoms with van der Waals surface area (Å²) in [5.74, 6) is 0.0946. The van der Waals surface area contributed by atoms with Crippen molar-refractivity contribution >= 4 is 28.4 Å². The number of rotatable bonds is 3. The number of piperazine rings is 2. The number of carbonyl (C=O) groups excluding carboxylic acids is 2. The Kier molecular flexibility index (Phi) is 6.98. The molecular weight excluding hydrogens is 407 g/mol. The Balaban J connectivity index is 1.51. The first kappa shape index (κ1) is 22.9. The highest BCUT2D eigenvalue weighted by Gasteiger charge is 2.32. The summed E-state index contributed by atoms with van der Waals surface area (Å²) in [4.78, 5) is 35.5. The van der Waals surface area contributed by atoms with Gasteiger partial charge < -0.3 is 15.1 Å². The lowest BCUT2D eigenvalue weighted by Crippen LogP contribution is -2.61. The second kappa shape index (κ2) is 9.15. The van der Waals surface area contributed by atoms with Gasteiger partial charge in [-0.1, -0.05) is 32.1 Å². The Hall–Kier alpha value is -1.78. The highest BCUT2D eigenvalue weighted by molar-refractivity contribution is 7.14. The summed E-state index contributed by atoms with van der Waals surface area (Å²) >= 11 is 0.846. The SMILES string of the molecule is CC(C)N1CCN[C@@H](C(=O)N2CCN(C(=O)Nc3nc(C(C)(C)C)c(F)s3)CC2)C1. The van der Waals surface area contributed by atoms with Gasteiger partial charge in [0, 0.05) is 57.3 Å². The molecule has 2 fully saturated rings. The molecule has 2 saturated heterocycles. The van der Waals surface area contributed by atoms with E-state index in [1.807, 2.05) is 25.7 Å². The maximum Gasteiger partial charge on any atom is 0.323 e. The van der Waals surface area contributed by atoms with Crippen LogP contribution in [0.15, 0.2) is 0 Å². The molecule has 30 heavy (non-hydrogen) atoms. The number of amides is 3. The molecule has 0 aliphatic carbocycles. The Morgan fingerprint density at radius 1 is 1.17 bits per heavy atom. The monoisotopic (exact) mass is 440 g/mol. The molecule has 0 spiro atoms. The summed E-state index contributed by atoms with van der Waals surface area (Å²) in [7, 11) is 0. The quantitative estimate of drug-likeness (QED) is 0.751. The van der Waals surface area contributed by atoms with Crippen LogP contribution in [0.1, 0.15) is 40.3 Å². The van der Waals surface area contributed by atoms with Crippen LogP contribution in [0.5, 0.6) is 0 Å². The van der Waals surface area contributed by atoms with E-state index in [1.165, 1.54) is 0 Å². The van der Waals surface area contributed by atoms with Gasteiger partial charge in [0.1, 0.15) is 0 Å². The number of aromatic nitrogens is 1. The normalized spacial score (nSPS) is 21.2. The van der Waals surface area contributed by atoms with Gasteiger partial charge in [0.2, 0.25) is 11.0 Å². The van der Waals surface area contributed by atoms with Crippen molar-refractivity contribution in [3.05, 3.63) is 10.8 Å². The summed E-state index contributed by atoms with van der Waals surface area (Å²) in [6.07, 6.45) is 0. The third-order valence-electron chi connectivity index (χ3n) is 5.62. The first-order chi connectivity index (χ1) is 14.1. The lowest BCUT2D eigenvalue weighted by Gasteiger charge is -2.40. The summed E-state index contributed by atoms with van der Waals surface area (Å²) in [6, 6.07) is -0.0915.